The van der Waals surface area contributed by atoms with Gasteiger partial charge in [-0.05, 0) is 61.7 Å². The first-order valence-corrected chi connectivity index (χ1v) is 10.2. The lowest BCUT2D eigenvalue weighted by Gasteiger charge is -2.37. The van der Waals surface area contributed by atoms with E-state index in [1.807, 2.05) is 11.0 Å². The van der Waals surface area contributed by atoms with Crippen LogP contribution in [0.15, 0.2) is 42.5 Å². The molecule has 1 amide bonds. The Balaban J connectivity index is 1.37. The van der Waals surface area contributed by atoms with E-state index in [9.17, 15) is 4.79 Å². The van der Waals surface area contributed by atoms with Crippen LogP contribution in [0.25, 0.3) is 0 Å². The standard InChI is InChI=1S/C22H30N6O/c1-15-5-4-6-19(13-15)27-9-11-28(12-10-27)22(29)20-21(25-26-24-20)23-18-8-7-16(2)17(3)14-18/h4-8,13-14,20-21,23-26H,9-12H2,1-3H3. The fourth-order valence-electron chi connectivity index (χ4n) is 3.90. The molecule has 2 fully saturated rings. The Morgan fingerprint density at radius 1 is 0.966 bits per heavy atom. The summed E-state index contributed by atoms with van der Waals surface area (Å²) in [6.45, 7) is 9.44. The van der Waals surface area contributed by atoms with E-state index in [2.05, 4.69) is 83.8 Å². The zero-order chi connectivity index (χ0) is 20.4. The van der Waals surface area contributed by atoms with Gasteiger partial charge in [0.2, 0.25) is 5.91 Å². The zero-order valence-corrected chi connectivity index (χ0v) is 17.3. The van der Waals surface area contributed by atoms with Crippen LogP contribution in [0.3, 0.4) is 0 Å². The first-order chi connectivity index (χ1) is 14.0. The molecule has 0 aliphatic carbocycles. The van der Waals surface area contributed by atoms with Crippen molar-refractivity contribution in [3.63, 3.8) is 0 Å². The van der Waals surface area contributed by atoms with Crippen LogP contribution in [0, 0.1) is 20.8 Å². The predicted octanol–water partition coefficient (Wildman–Crippen LogP) is 1.68. The maximum absolute atomic E-state index is 13.1. The lowest BCUT2D eigenvalue weighted by molar-refractivity contribution is -0.133. The van der Waals surface area contributed by atoms with Crippen LogP contribution < -0.4 is 26.6 Å². The highest BCUT2D eigenvalue weighted by Crippen LogP contribution is 2.19. The molecule has 154 valence electrons. The van der Waals surface area contributed by atoms with Crippen molar-refractivity contribution in [2.45, 2.75) is 33.0 Å². The fourth-order valence-corrected chi connectivity index (χ4v) is 3.90. The van der Waals surface area contributed by atoms with Crippen molar-refractivity contribution >= 4 is 17.3 Å². The van der Waals surface area contributed by atoms with E-state index >= 15 is 0 Å². The molecule has 0 radical (unpaired) electrons. The second kappa shape index (κ2) is 8.41. The van der Waals surface area contributed by atoms with E-state index < -0.39 is 0 Å². The smallest absolute Gasteiger partial charge is 0.244 e. The number of amides is 1. The number of hydrogen-bond donors (Lipinski definition) is 4. The summed E-state index contributed by atoms with van der Waals surface area (Å²) in [5, 5.41) is 3.43. The molecule has 7 heteroatoms. The Hall–Kier alpha value is -2.61. The summed E-state index contributed by atoms with van der Waals surface area (Å²) in [6, 6.07) is 14.4. The van der Waals surface area contributed by atoms with Gasteiger partial charge in [0.05, 0.1) is 0 Å². The molecule has 4 N–H and O–H groups in total. The molecule has 2 saturated heterocycles. The molecule has 0 spiro atoms. The zero-order valence-electron chi connectivity index (χ0n) is 17.3. The molecule has 2 unspecified atom stereocenters. The number of carbonyl (C=O) groups excluding carboxylic acids is 1. The SMILES string of the molecule is Cc1cccc(N2CCN(C(=O)C3NNNC3Nc3ccc(C)c(C)c3)CC2)c1. The van der Waals surface area contributed by atoms with E-state index in [0.717, 1.165) is 31.9 Å². The number of carbonyl (C=O) groups is 1. The van der Waals surface area contributed by atoms with E-state index in [-0.39, 0.29) is 18.1 Å². The average Bonchev–Trinajstić information content (AvgIpc) is 3.18. The minimum absolute atomic E-state index is 0.104. The minimum Gasteiger partial charge on any atom is -0.368 e. The first kappa shape index (κ1) is 19.7. The maximum atomic E-state index is 13.1. The molecule has 2 aliphatic rings. The van der Waals surface area contributed by atoms with Crippen molar-refractivity contribution in [2.24, 2.45) is 0 Å². The van der Waals surface area contributed by atoms with Gasteiger partial charge in [0.25, 0.3) is 0 Å². The number of benzene rings is 2. The van der Waals surface area contributed by atoms with Crippen molar-refractivity contribution in [1.82, 2.24) is 21.3 Å². The van der Waals surface area contributed by atoms with Gasteiger partial charge in [-0.1, -0.05) is 18.2 Å². The Morgan fingerprint density at radius 2 is 1.76 bits per heavy atom. The van der Waals surface area contributed by atoms with E-state index in [0.29, 0.717) is 0 Å². The number of piperazine rings is 1. The summed E-state index contributed by atoms with van der Waals surface area (Å²) >= 11 is 0. The molecule has 2 aromatic rings. The van der Waals surface area contributed by atoms with Gasteiger partial charge in [-0.2, -0.15) is 5.53 Å². The van der Waals surface area contributed by atoms with Crippen LogP contribution >= 0.6 is 0 Å². The van der Waals surface area contributed by atoms with Gasteiger partial charge in [0.15, 0.2) is 0 Å². The largest absolute Gasteiger partial charge is 0.368 e. The van der Waals surface area contributed by atoms with Crippen molar-refractivity contribution in [3.8, 4) is 0 Å². The topological polar surface area (TPSA) is 71.7 Å². The second-order valence-electron chi connectivity index (χ2n) is 7.96. The third-order valence-electron chi connectivity index (χ3n) is 5.84. The van der Waals surface area contributed by atoms with Gasteiger partial charge in [-0.15, -0.1) is 0 Å². The Kier molecular flexibility index (Phi) is 5.71. The molecule has 2 atom stereocenters. The molecule has 4 rings (SSSR count). The molecule has 7 nitrogen and oxygen atoms in total. The molecule has 0 aromatic heterocycles. The van der Waals surface area contributed by atoms with Crippen LogP contribution in [0.4, 0.5) is 11.4 Å². The van der Waals surface area contributed by atoms with E-state index in [1.54, 1.807) is 0 Å². The Labute approximate surface area is 172 Å². The normalized spacial score (nSPS) is 22.0. The van der Waals surface area contributed by atoms with Crippen molar-refractivity contribution < 1.29 is 4.79 Å². The van der Waals surface area contributed by atoms with E-state index in [1.165, 1.54) is 22.4 Å². The number of anilines is 2. The minimum atomic E-state index is -0.373. The molecule has 2 heterocycles. The van der Waals surface area contributed by atoms with Crippen LogP contribution in [0.1, 0.15) is 16.7 Å². The van der Waals surface area contributed by atoms with Crippen LogP contribution in [0.5, 0.6) is 0 Å². The summed E-state index contributed by atoms with van der Waals surface area (Å²) in [7, 11) is 0. The number of rotatable bonds is 4. The van der Waals surface area contributed by atoms with Crippen molar-refractivity contribution in [3.05, 3.63) is 59.2 Å². The van der Waals surface area contributed by atoms with Crippen LogP contribution in [-0.4, -0.2) is 49.2 Å². The summed E-state index contributed by atoms with van der Waals surface area (Å²) in [6.07, 6.45) is -0.223. The van der Waals surface area contributed by atoms with Crippen molar-refractivity contribution in [2.75, 3.05) is 36.4 Å². The number of aryl methyl sites for hydroxylation is 3. The predicted molar refractivity (Wildman–Crippen MR) is 116 cm³/mol. The summed E-state index contributed by atoms with van der Waals surface area (Å²) in [5.74, 6) is 0.104. The number of hydrogen-bond acceptors (Lipinski definition) is 6. The van der Waals surface area contributed by atoms with Gasteiger partial charge in [0, 0.05) is 37.6 Å². The lowest BCUT2D eigenvalue weighted by Crippen LogP contribution is -2.57. The third kappa shape index (κ3) is 4.37. The lowest BCUT2D eigenvalue weighted by atomic mass is 10.1. The summed E-state index contributed by atoms with van der Waals surface area (Å²) in [4.78, 5) is 17.4. The van der Waals surface area contributed by atoms with Crippen LogP contribution in [0.2, 0.25) is 0 Å². The first-order valence-electron chi connectivity index (χ1n) is 10.2. The molecule has 2 aliphatic heterocycles. The van der Waals surface area contributed by atoms with Gasteiger partial charge in [-0.3, -0.25) is 4.79 Å². The average molecular weight is 395 g/mol. The third-order valence-corrected chi connectivity index (χ3v) is 5.84. The summed E-state index contributed by atoms with van der Waals surface area (Å²) in [5.41, 5.74) is 15.1. The van der Waals surface area contributed by atoms with Gasteiger partial charge < -0.3 is 15.1 Å². The Bertz CT molecular complexity index is 877. The highest BCUT2D eigenvalue weighted by molar-refractivity contribution is 5.83. The Morgan fingerprint density at radius 3 is 2.48 bits per heavy atom. The molecule has 2 aromatic carbocycles. The van der Waals surface area contributed by atoms with Crippen molar-refractivity contribution in [1.29, 1.82) is 0 Å². The van der Waals surface area contributed by atoms with Crippen LogP contribution in [-0.2, 0) is 4.79 Å². The monoisotopic (exact) mass is 394 g/mol. The van der Waals surface area contributed by atoms with Gasteiger partial charge >= 0.3 is 0 Å². The maximum Gasteiger partial charge on any atom is 0.244 e. The number of nitrogens with one attached hydrogen (secondary N) is 4. The van der Waals surface area contributed by atoms with Gasteiger partial charge in [0.1, 0.15) is 12.2 Å². The highest BCUT2D eigenvalue weighted by Gasteiger charge is 2.36. The molecular formula is C22H30N6O. The number of hydrazine groups is 2. The summed E-state index contributed by atoms with van der Waals surface area (Å²) < 4.78 is 0. The highest BCUT2D eigenvalue weighted by atomic mass is 16.2. The van der Waals surface area contributed by atoms with E-state index in [4.69, 9.17) is 0 Å². The fraction of sp³-hybridized carbons (Fsp3) is 0.409. The van der Waals surface area contributed by atoms with Gasteiger partial charge in [-0.25, -0.2) is 10.9 Å². The second-order valence-corrected chi connectivity index (χ2v) is 7.96. The molecule has 0 saturated carbocycles. The quantitative estimate of drug-likeness (QED) is 0.633. The molecular weight excluding hydrogens is 364 g/mol. The molecule has 0 bridgehead atoms. The molecule has 29 heavy (non-hydrogen) atoms. The number of nitrogens with zero attached hydrogens (tertiary/aromatic N) is 2.